The number of furan rings is 1. The topological polar surface area (TPSA) is 172 Å². The molecule has 2 aliphatic rings. The lowest BCUT2D eigenvalue weighted by Gasteiger charge is -2.39. The fourth-order valence-corrected chi connectivity index (χ4v) is 7.55. The molecule has 0 aromatic carbocycles. The van der Waals surface area contributed by atoms with E-state index in [0.717, 1.165) is 18.2 Å². The third-order valence-electron chi connectivity index (χ3n) is 8.28. The van der Waals surface area contributed by atoms with E-state index >= 15 is 0 Å². The summed E-state index contributed by atoms with van der Waals surface area (Å²) in [5, 5.41) is 3.81. The number of nitrogens with one attached hydrogen (secondary N) is 2. The average Bonchev–Trinajstić information content (AvgIpc) is 3.75. The Morgan fingerprint density at radius 2 is 1.91 bits per heavy atom. The molecule has 0 spiro atoms. The number of halogens is 1. The lowest BCUT2D eigenvalue weighted by molar-refractivity contribution is -0.143. The molecule has 1 saturated heterocycles. The van der Waals surface area contributed by atoms with Crippen molar-refractivity contribution in [3.05, 3.63) is 62.6 Å². The third-order valence-corrected chi connectivity index (χ3v) is 10.6. The van der Waals surface area contributed by atoms with Crippen LogP contribution in [0.15, 0.2) is 52.0 Å². The van der Waals surface area contributed by atoms with Crippen LogP contribution in [0.5, 0.6) is 0 Å². The van der Waals surface area contributed by atoms with Crippen LogP contribution in [-0.4, -0.2) is 80.1 Å². The minimum Gasteiger partial charge on any atom is -0.459 e. The van der Waals surface area contributed by atoms with E-state index in [1.807, 2.05) is 6.92 Å². The number of carbonyl (C=O) groups is 4. The maximum Gasteiger partial charge on any atom is 0.289 e. The maximum absolute atomic E-state index is 13.6. The molecule has 2 fully saturated rings. The first kappa shape index (κ1) is 36.5. The third kappa shape index (κ3) is 10.3. The molecule has 2 aromatic rings. The van der Waals surface area contributed by atoms with Crippen LogP contribution in [-0.2, 0) is 24.4 Å². The molecule has 1 aliphatic heterocycles. The van der Waals surface area contributed by atoms with Crippen LogP contribution in [0.4, 0.5) is 0 Å². The van der Waals surface area contributed by atoms with Crippen LogP contribution in [0.3, 0.4) is 0 Å². The largest absolute Gasteiger partial charge is 0.459 e. The summed E-state index contributed by atoms with van der Waals surface area (Å²) >= 11 is 7.15. The zero-order valence-corrected chi connectivity index (χ0v) is 28.8. The maximum atomic E-state index is 13.6. The molecule has 4 N–H and O–H groups in total. The second-order valence-corrected chi connectivity index (χ2v) is 15.1. The average molecular weight is 708 g/mol. The van der Waals surface area contributed by atoms with Gasteiger partial charge in [0, 0.05) is 55.3 Å². The number of unbranched alkanes of at least 4 members (excludes halogenated alkanes) is 1. The monoisotopic (exact) mass is 707 g/mol. The quantitative estimate of drug-likeness (QED) is 0.196. The molecule has 256 valence electrons. The Labute approximate surface area is 284 Å². The SMILES string of the molecule is CCCC[C@](N)(NC(=O)CC=C1CCC[C@@H](CCNS(=O)(=O)/C=C/c2ccc(Cl)s2)C1=O)C(=O)N1CCN(C(=O)c2ccco2)CC1. The van der Waals surface area contributed by atoms with Gasteiger partial charge in [-0.1, -0.05) is 31.0 Å². The summed E-state index contributed by atoms with van der Waals surface area (Å²) in [5.74, 6) is -1.37. The number of nitrogens with zero attached hydrogens (tertiary/aromatic N) is 2. The zero-order chi connectivity index (χ0) is 34.0. The summed E-state index contributed by atoms with van der Waals surface area (Å²) in [6.45, 7) is 3.21. The number of carbonyl (C=O) groups excluding carboxylic acids is 4. The predicted octanol–water partition coefficient (Wildman–Crippen LogP) is 3.91. The number of amides is 3. The summed E-state index contributed by atoms with van der Waals surface area (Å²) < 4.78 is 33.0. The number of thiophene rings is 1. The minimum absolute atomic E-state index is 0.0997. The molecular formula is C32H42ClN5O7S2. The van der Waals surface area contributed by atoms with Crippen molar-refractivity contribution in [1.29, 1.82) is 0 Å². The summed E-state index contributed by atoms with van der Waals surface area (Å²) in [4.78, 5) is 56.4. The van der Waals surface area contributed by atoms with Crippen molar-refractivity contribution in [3.63, 3.8) is 0 Å². The van der Waals surface area contributed by atoms with Gasteiger partial charge in [0.25, 0.3) is 11.8 Å². The minimum atomic E-state index is -3.69. The summed E-state index contributed by atoms with van der Waals surface area (Å²) in [7, 11) is -3.69. The Hall–Kier alpha value is -3.30. The summed E-state index contributed by atoms with van der Waals surface area (Å²) in [6.07, 6.45) is 8.20. The first-order valence-electron chi connectivity index (χ1n) is 15.8. The number of ketones is 1. The van der Waals surface area contributed by atoms with Crippen LogP contribution >= 0.6 is 22.9 Å². The van der Waals surface area contributed by atoms with Gasteiger partial charge in [-0.3, -0.25) is 19.2 Å². The van der Waals surface area contributed by atoms with Crippen LogP contribution in [0.1, 0.15) is 73.7 Å². The number of rotatable bonds is 14. The summed E-state index contributed by atoms with van der Waals surface area (Å²) in [6, 6.07) is 6.65. The van der Waals surface area contributed by atoms with Gasteiger partial charge < -0.3 is 25.3 Å². The Kier molecular flexibility index (Phi) is 13.0. The highest BCUT2D eigenvalue weighted by Crippen LogP contribution is 2.28. The van der Waals surface area contributed by atoms with Crippen molar-refractivity contribution >= 4 is 62.5 Å². The second-order valence-electron chi connectivity index (χ2n) is 11.7. The highest BCUT2D eigenvalue weighted by Gasteiger charge is 2.40. The molecule has 15 heteroatoms. The fraction of sp³-hybridized carbons (Fsp3) is 0.500. The van der Waals surface area contributed by atoms with Crippen molar-refractivity contribution in [2.75, 3.05) is 32.7 Å². The van der Waals surface area contributed by atoms with Gasteiger partial charge in [0.1, 0.15) is 0 Å². The molecule has 2 atom stereocenters. The molecule has 0 unspecified atom stereocenters. The smallest absolute Gasteiger partial charge is 0.289 e. The Balaban J connectivity index is 1.28. The first-order chi connectivity index (χ1) is 22.4. The lowest BCUT2D eigenvalue weighted by Crippen LogP contribution is -2.67. The van der Waals surface area contributed by atoms with E-state index in [-0.39, 0.29) is 55.8 Å². The molecule has 2 aromatic heterocycles. The van der Waals surface area contributed by atoms with Gasteiger partial charge in [-0.15, -0.1) is 11.3 Å². The second kappa shape index (κ2) is 16.7. The number of piperazine rings is 1. The Morgan fingerprint density at radius 3 is 2.57 bits per heavy atom. The van der Waals surface area contributed by atoms with Crippen LogP contribution in [0.2, 0.25) is 4.34 Å². The van der Waals surface area contributed by atoms with Crippen molar-refractivity contribution in [1.82, 2.24) is 19.8 Å². The van der Waals surface area contributed by atoms with E-state index in [1.54, 1.807) is 40.1 Å². The van der Waals surface area contributed by atoms with Gasteiger partial charge >= 0.3 is 0 Å². The van der Waals surface area contributed by atoms with E-state index in [1.165, 1.54) is 23.7 Å². The van der Waals surface area contributed by atoms with Crippen LogP contribution < -0.4 is 15.8 Å². The van der Waals surface area contributed by atoms with Gasteiger partial charge in [0.15, 0.2) is 17.2 Å². The molecule has 0 bridgehead atoms. The van der Waals surface area contributed by atoms with Crippen LogP contribution in [0, 0.1) is 5.92 Å². The highest BCUT2D eigenvalue weighted by molar-refractivity contribution is 7.92. The Morgan fingerprint density at radius 1 is 1.17 bits per heavy atom. The van der Waals surface area contributed by atoms with E-state index in [9.17, 15) is 27.6 Å². The van der Waals surface area contributed by atoms with Crippen LogP contribution in [0.25, 0.3) is 6.08 Å². The van der Waals surface area contributed by atoms with Gasteiger partial charge in [0.2, 0.25) is 15.9 Å². The molecule has 3 amide bonds. The Bertz CT molecular complexity index is 1580. The number of hydrogen-bond donors (Lipinski definition) is 3. The fourth-order valence-electron chi connectivity index (χ4n) is 5.68. The van der Waals surface area contributed by atoms with E-state index in [0.29, 0.717) is 53.6 Å². The molecule has 47 heavy (non-hydrogen) atoms. The molecule has 3 heterocycles. The first-order valence-corrected chi connectivity index (χ1v) is 18.5. The van der Waals surface area contributed by atoms with Crippen molar-refractivity contribution < 1.29 is 32.0 Å². The molecule has 1 saturated carbocycles. The normalized spacial score (nSPS) is 19.7. The molecule has 4 rings (SSSR count). The summed E-state index contributed by atoms with van der Waals surface area (Å²) in [5.41, 5.74) is 5.46. The van der Waals surface area contributed by atoms with E-state index in [4.69, 9.17) is 21.8 Å². The van der Waals surface area contributed by atoms with Gasteiger partial charge in [-0.2, -0.15) is 0 Å². The molecule has 12 nitrogen and oxygen atoms in total. The predicted molar refractivity (Wildman–Crippen MR) is 181 cm³/mol. The van der Waals surface area contributed by atoms with Crippen molar-refractivity contribution in [2.45, 2.75) is 64.0 Å². The lowest BCUT2D eigenvalue weighted by atomic mass is 9.82. The molecule has 1 aliphatic carbocycles. The van der Waals surface area contributed by atoms with Crippen molar-refractivity contribution in [2.24, 2.45) is 11.7 Å². The number of nitrogens with two attached hydrogens (primary N) is 1. The van der Waals surface area contributed by atoms with Gasteiger partial charge in [0.05, 0.1) is 10.6 Å². The van der Waals surface area contributed by atoms with Gasteiger partial charge in [-0.05, 0) is 74.4 Å². The van der Waals surface area contributed by atoms with E-state index < -0.39 is 27.5 Å². The van der Waals surface area contributed by atoms with Gasteiger partial charge in [-0.25, -0.2) is 13.1 Å². The zero-order valence-electron chi connectivity index (χ0n) is 26.4. The van der Waals surface area contributed by atoms with Crippen molar-refractivity contribution in [3.8, 4) is 0 Å². The number of Topliss-reactive ketones (excluding diaryl/α,β-unsaturated/α-hetero) is 1. The molecular weight excluding hydrogens is 666 g/mol. The van der Waals surface area contributed by atoms with E-state index in [2.05, 4.69) is 10.0 Å². The number of hydrogen-bond acceptors (Lipinski definition) is 9. The number of allylic oxidation sites excluding steroid dienone is 1. The standard InChI is InChI=1S/C32H42ClN5O7S2/c1-2-3-15-32(34,31(42)38-19-17-37(18-20-38)30(41)26-8-5-21-45-26)36-28(39)12-9-23-6-4-7-24(29(23)40)13-16-35-47(43,44)22-14-25-10-11-27(33)46-25/h5,8-11,14,21-22,24,35H,2-4,6-7,12-13,15-20,34H2,1H3,(H,36,39)/b22-14+,23-9?/t24-,32-/m0/s1. The highest BCUT2D eigenvalue weighted by atomic mass is 35.5. The molecule has 0 radical (unpaired) electrons. The number of sulfonamides is 1.